The molecule has 2 aromatic carbocycles. The highest BCUT2D eigenvalue weighted by Gasteiger charge is 2.40. The van der Waals surface area contributed by atoms with Crippen LogP contribution < -0.4 is 4.90 Å². The molecule has 1 aromatic heterocycles. The second kappa shape index (κ2) is 5.57. The maximum absolute atomic E-state index is 13.7. The molecule has 0 unspecified atom stereocenters. The summed E-state index contributed by atoms with van der Waals surface area (Å²) in [5.74, 6) is -1.52. The van der Waals surface area contributed by atoms with Gasteiger partial charge in [0, 0.05) is 29.7 Å². The molecule has 4 nitrogen and oxygen atoms in total. The first-order valence-corrected chi connectivity index (χ1v) is 7.95. The number of imide groups is 1. The summed E-state index contributed by atoms with van der Waals surface area (Å²) in [6.45, 7) is 0. The zero-order valence-electron chi connectivity index (χ0n) is 13.2. The Labute approximate surface area is 147 Å². The maximum Gasteiger partial charge on any atom is 0.277 e. The van der Waals surface area contributed by atoms with Crippen LogP contribution in [0, 0.1) is 5.82 Å². The van der Waals surface area contributed by atoms with Crippen molar-refractivity contribution in [2.24, 2.45) is 7.05 Å². The fourth-order valence-corrected chi connectivity index (χ4v) is 3.38. The third kappa shape index (κ3) is 2.27. The Bertz CT molecular complexity index is 1070. The van der Waals surface area contributed by atoms with Gasteiger partial charge in [-0.25, -0.2) is 9.29 Å². The van der Waals surface area contributed by atoms with Crippen LogP contribution in [-0.4, -0.2) is 16.4 Å². The van der Waals surface area contributed by atoms with Gasteiger partial charge in [0.25, 0.3) is 11.8 Å². The summed E-state index contributed by atoms with van der Waals surface area (Å²) in [5.41, 5.74) is 1.72. The van der Waals surface area contributed by atoms with E-state index in [0.29, 0.717) is 16.6 Å². The van der Waals surface area contributed by atoms with Gasteiger partial charge in [-0.1, -0.05) is 29.8 Å². The van der Waals surface area contributed by atoms with E-state index < -0.39 is 17.6 Å². The molecule has 2 amide bonds. The number of benzene rings is 2. The minimum absolute atomic E-state index is 0.0896. The number of nitrogens with zero attached hydrogens (tertiary/aromatic N) is 2. The number of amides is 2. The summed E-state index contributed by atoms with van der Waals surface area (Å²) in [7, 11) is 1.79. The van der Waals surface area contributed by atoms with E-state index in [4.69, 9.17) is 11.6 Å². The van der Waals surface area contributed by atoms with Crippen LogP contribution in [-0.2, 0) is 16.6 Å². The fourth-order valence-electron chi connectivity index (χ4n) is 3.11. The molecule has 0 bridgehead atoms. The molecule has 0 radical (unpaired) electrons. The van der Waals surface area contributed by atoms with Crippen molar-refractivity contribution in [2.75, 3.05) is 4.90 Å². The van der Waals surface area contributed by atoms with Gasteiger partial charge in [0.05, 0.1) is 11.3 Å². The summed E-state index contributed by atoms with van der Waals surface area (Å²) in [6, 6.07) is 12.9. The summed E-state index contributed by atoms with van der Waals surface area (Å²) in [5, 5.41) is 0.373. The molecule has 1 aliphatic heterocycles. The topological polar surface area (TPSA) is 42.3 Å². The number of anilines is 1. The number of para-hydroxylation sites is 1. The van der Waals surface area contributed by atoms with E-state index >= 15 is 0 Å². The number of aromatic nitrogens is 1. The SMILES string of the molecule is Cn1cc(C2=C(Cl)C(=O)N(c3ccccc3)C2=O)c2cc(F)ccc21. The average molecular weight is 355 g/mol. The van der Waals surface area contributed by atoms with Crippen molar-refractivity contribution in [3.05, 3.63) is 71.1 Å². The quantitative estimate of drug-likeness (QED) is 0.656. The van der Waals surface area contributed by atoms with Gasteiger partial charge in [0.1, 0.15) is 10.8 Å². The van der Waals surface area contributed by atoms with Crippen molar-refractivity contribution in [3.63, 3.8) is 0 Å². The van der Waals surface area contributed by atoms with Gasteiger partial charge >= 0.3 is 0 Å². The van der Waals surface area contributed by atoms with Gasteiger partial charge in [-0.15, -0.1) is 0 Å². The number of carbonyl (C=O) groups excluding carboxylic acids is 2. The highest BCUT2D eigenvalue weighted by atomic mass is 35.5. The molecule has 6 heteroatoms. The monoisotopic (exact) mass is 354 g/mol. The number of rotatable bonds is 2. The highest BCUT2D eigenvalue weighted by molar-refractivity contribution is 6.60. The second-order valence-corrected chi connectivity index (χ2v) is 6.16. The molecule has 4 rings (SSSR count). The first-order chi connectivity index (χ1) is 12.0. The van der Waals surface area contributed by atoms with Gasteiger partial charge in [-0.3, -0.25) is 9.59 Å². The number of aryl methyl sites for hydroxylation is 1. The van der Waals surface area contributed by atoms with Crippen molar-refractivity contribution >= 4 is 45.6 Å². The van der Waals surface area contributed by atoms with Crippen LogP contribution in [0.4, 0.5) is 10.1 Å². The third-order valence-electron chi connectivity index (χ3n) is 4.26. The molecule has 0 atom stereocenters. The Balaban J connectivity index is 1.90. The van der Waals surface area contributed by atoms with E-state index in [9.17, 15) is 14.0 Å². The van der Waals surface area contributed by atoms with Crippen molar-refractivity contribution < 1.29 is 14.0 Å². The third-order valence-corrected chi connectivity index (χ3v) is 4.61. The van der Waals surface area contributed by atoms with Gasteiger partial charge in [-0.2, -0.15) is 0 Å². The Hall–Kier alpha value is -2.92. The number of hydrogen-bond acceptors (Lipinski definition) is 2. The Morgan fingerprint density at radius 2 is 1.72 bits per heavy atom. The van der Waals surface area contributed by atoms with E-state index in [2.05, 4.69) is 0 Å². The summed E-state index contributed by atoms with van der Waals surface area (Å²) < 4.78 is 15.5. The van der Waals surface area contributed by atoms with Crippen LogP contribution in [0.2, 0.25) is 0 Å². The van der Waals surface area contributed by atoms with Crippen molar-refractivity contribution in [1.29, 1.82) is 0 Å². The van der Waals surface area contributed by atoms with E-state index in [-0.39, 0.29) is 10.6 Å². The summed E-state index contributed by atoms with van der Waals surface area (Å²) >= 11 is 6.22. The average Bonchev–Trinajstić information content (AvgIpc) is 3.02. The molecule has 1 aliphatic rings. The molecule has 0 N–H and O–H groups in total. The van der Waals surface area contributed by atoms with E-state index in [1.807, 2.05) is 0 Å². The molecule has 124 valence electrons. The first kappa shape index (κ1) is 15.6. The standard InChI is InChI=1S/C19H12ClFN2O2/c1-22-10-14(13-9-11(21)7-8-15(13)22)16-17(20)19(25)23(18(16)24)12-5-3-2-4-6-12/h2-10H,1H3. The molecule has 0 saturated carbocycles. The van der Waals surface area contributed by atoms with Crippen LogP contribution in [0.5, 0.6) is 0 Å². The molecule has 2 heterocycles. The smallest absolute Gasteiger partial charge is 0.277 e. The van der Waals surface area contributed by atoms with E-state index in [0.717, 1.165) is 10.4 Å². The lowest BCUT2D eigenvalue weighted by atomic mass is 10.0. The first-order valence-electron chi connectivity index (χ1n) is 7.57. The zero-order valence-corrected chi connectivity index (χ0v) is 13.9. The maximum atomic E-state index is 13.7. The molecular weight excluding hydrogens is 343 g/mol. The Morgan fingerprint density at radius 3 is 2.44 bits per heavy atom. The highest BCUT2D eigenvalue weighted by Crippen LogP contribution is 2.38. The van der Waals surface area contributed by atoms with Crippen molar-refractivity contribution in [1.82, 2.24) is 4.57 Å². The lowest BCUT2D eigenvalue weighted by Crippen LogP contribution is -2.31. The van der Waals surface area contributed by atoms with Crippen LogP contribution in [0.25, 0.3) is 16.5 Å². The lowest BCUT2D eigenvalue weighted by molar-refractivity contribution is -0.119. The molecule has 0 fully saturated rings. The molecular formula is C19H12ClFN2O2. The van der Waals surface area contributed by atoms with Crippen molar-refractivity contribution in [2.45, 2.75) is 0 Å². The van der Waals surface area contributed by atoms with Gasteiger partial charge in [0.15, 0.2) is 0 Å². The Morgan fingerprint density at radius 1 is 1.00 bits per heavy atom. The minimum Gasteiger partial charge on any atom is -0.350 e. The second-order valence-electron chi connectivity index (χ2n) is 5.79. The normalized spacial score (nSPS) is 14.9. The van der Waals surface area contributed by atoms with Gasteiger partial charge in [0.2, 0.25) is 0 Å². The van der Waals surface area contributed by atoms with Crippen LogP contribution in [0.15, 0.2) is 59.8 Å². The molecule has 0 saturated heterocycles. The predicted octanol–water partition coefficient (Wildman–Crippen LogP) is 3.84. The zero-order chi connectivity index (χ0) is 17.7. The number of halogens is 2. The fraction of sp³-hybridized carbons (Fsp3) is 0.0526. The summed E-state index contributed by atoms with van der Waals surface area (Å²) in [6.07, 6.45) is 1.68. The predicted molar refractivity (Wildman–Crippen MR) is 94.6 cm³/mol. The van der Waals surface area contributed by atoms with Crippen LogP contribution >= 0.6 is 11.6 Å². The number of fused-ring (bicyclic) bond motifs is 1. The van der Waals surface area contributed by atoms with Gasteiger partial charge in [-0.05, 0) is 30.3 Å². The molecule has 25 heavy (non-hydrogen) atoms. The largest absolute Gasteiger partial charge is 0.350 e. The van der Waals surface area contributed by atoms with Crippen LogP contribution in [0.1, 0.15) is 5.56 Å². The number of carbonyl (C=O) groups is 2. The lowest BCUT2D eigenvalue weighted by Gasteiger charge is -2.14. The Kier molecular flexibility index (Phi) is 3.47. The molecule has 0 spiro atoms. The van der Waals surface area contributed by atoms with Crippen LogP contribution in [0.3, 0.4) is 0 Å². The molecule has 3 aromatic rings. The van der Waals surface area contributed by atoms with E-state index in [1.165, 1.54) is 12.1 Å². The number of hydrogen-bond donors (Lipinski definition) is 0. The van der Waals surface area contributed by atoms with Crippen molar-refractivity contribution in [3.8, 4) is 0 Å². The van der Waals surface area contributed by atoms with E-state index in [1.54, 1.807) is 54.2 Å². The van der Waals surface area contributed by atoms with Gasteiger partial charge < -0.3 is 4.57 Å². The summed E-state index contributed by atoms with van der Waals surface area (Å²) in [4.78, 5) is 26.5. The molecule has 0 aliphatic carbocycles. The minimum atomic E-state index is -0.582.